The zero-order valence-electron chi connectivity index (χ0n) is 11.5. The van der Waals surface area contributed by atoms with Crippen LogP contribution in [0.15, 0.2) is 60.9 Å². The van der Waals surface area contributed by atoms with Crippen molar-refractivity contribution in [2.75, 3.05) is 0 Å². The zero-order chi connectivity index (χ0) is 13.3. The van der Waals surface area contributed by atoms with E-state index in [1.54, 1.807) is 0 Å². The van der Waals surface area contributed by atoms with Crippen LogP contribution in [0, 0.1) is 0 Å². The minimum Gasteiger partial charge on any atom is -0.264 e. The van der Waals surface area contributed by atoms with Crippen molar-refractivity contribution < 1.29 is 0 Å². The maximum Gasteiger partial charge on any atom is 0.0346 e. The van der Waals surface area contributed by atoms with E-state index < -0.39 is 0 Å². The maximum absolute atomic E-state index is 4.23. The topological polar surface area (TPSA) is 12.9 Å². The first-order valence-corrected chi connectivity index (χ1v) is 7.08. The second-order valence-electron chi connectivity index (χ2n) is 4.72. The molecule has 0 fully saturated rings. The van der Waals surface area contributed by atoms with Gasteiger partial charge in [-0.15, -0.1) is 0 Å². The molecule has 0 N–H and O–H groups in total. The third kappa shape index (κ3) is 4.06. The van der Waals surface area contributed by atoms with E-state index in [0.29, 0.717) is 0 Å². The second kappa shape index (κ2) is 7.52. The molecule has 1 aromatic carbocycles. The number of rotatable bonds is 6. The number of aromatic nitrogens is 1. The summed E-state index contributed by atoms with van der Waals surface area (Å²) in [5, 5.41) is 0. The largest absolute Gasteiger partial charge is 0.264 e. The molecule has 0 saturated carbocycles. The lowest BCUT2D eigenvalue weighted by molar-refractivity contribution is 0.729. The number of unbranched alkanes of at least 4 members (excludes halogenated alkanes) is 3. The van der Waals surface area contributed by atoms with Crippen LogP contribution in [0.2, 0.25) is 0 Å². The van der Waals surface area contributed by atoms with Crippen molar-refractivity contribution in [3.8, 4) is 0 Å². The third-order valence-corrected chi connectivity index (χ3v) is 3.21. The van der Waals surface area contributed by atoms with Crippen LogP contribution in [0.3, 0.4) is 0 Å². The van der Waals surface area contributed by atoms with Crippen LogP contribution in [0.25, 0.3) is 5.57 Å². The first kappa shape index (κ1) is 13.5. The van der Waals surface area contributed by atoms with Gasteiger partial charge in [-0.3, -0.25) is 4.98 Å². The van der Waals surface area contributed by atoms with E-state index in [4.69, 9.17) is 0 Å². The van der Waals surface area contributed by atoms with Gasteiger partial charge in [0, 0.05) is 18.0 Å². The van der Waals surface area contributed by atoms with Crippen LogP contribution in [0.5, 0.6) is 0 Å². The number of pyridine rings is 1. The fourth-order valence-corrected chi connectivity index (χ4v) is 2.18. The highest BCUT2D eigenvalue weighted by Gasteiger charge is 2.03. The third-order valence-electron chi connectivity index (χ3n) is 3.21. The van der Waals surface area contributed by atoms with Gasteiger partial charge in [0.25, 0.3) is 0 Å². The fraction of sp³-hybridized carbons (Fsp3) is 0.278. The van der Waals surface area contributed by atoms with Crippen molar-refractivity contribution in [1.82, 2.24) is 4.98 Å². The predicted octanol–water partition coefficient (Wildman–Crippen LogP) is 5.09. The molecule has 0 aliphatic heterocycles. The molecule has 1 nitrogen and oxygen atoms in total. The Bertz CT molecular complexity index is 458. The molecule has 0 bridgehead atoms. The van der Waals surface area contributed by atoms with Gasteiger partial charge in [-0.05, 0) is 30.0 Å². The Labute approximate surface area is 116 Å². The summed E-state index contributed by atoms with van der Waals surface area (Å²) >= 11 is 0. The van der Waals surface area contributed by atoms with E-state index >= 15 is 0 Å². The average Bonchev–Trinajstić information content (AvgIpc) is 2.49. The molecule has 0 saturated heterocycles. The molecular formula is C18H21N. The lowest BCUT2D eigenvalue weighted by Crippen LogP contribution is -1.89. The first-order chi connectivity index (χ1) is 9.42. The van der Waals surface area contributed by atoms with Gasteiger partial charge in [0.1, 0.15) is 0 Å². The Morgan fingerprint density at radius 3 is 2.47 bits per heavy atom. The van der Waals surface area contributed by atoms with Crippen LogP contribution < -0.4 is 0 Å². The Kier molecular flexibility index (Phi) is 5.36. The molecule has 98 valence electrons. The highest BCUT2D eigenvalue weighted by atomic mass is 14.6. The van der Waals surface area contributed by atoms with E-state index in [1.807, 2.05) is 18.5 Å². The molecule has 0 aliphatic rings. The Hall–Kier alpha value is -1.89. The highest BCUT2D eigenvalue weighted by molar-refractivity contribution is 5.79. The van der Waals surface area contributed by atoms with E-state index in [-0.39, 0.29) is 0 Å². The summed E-state index contributed by atoms with van der Waals surface area (Å²) in [5.41, 5.74) is 3.77. The zero-order valence-corrected chi connectivity index (χ0v) is 11.5. The summed E-state index contributed by atoms with van der Waals surface area (Å²) in [7, 11) is 0. The van der Waals surface area contributed by atoms with Gasteiger partial charge in [-0.25, -0.2) is 0 Å². The van der Waals surface area contributed by atoms with Gasteiger partial charge in [0.2, 0.25) is 0 Å². The van der Waals surface area contributed by atoms with Crippen LogP contribution in [-0.4, -0.2) is 4.98 Å². The summed E-state index contributed by atoms with van der Waals surface area (Å²) in [6.45, 7) is 2.24. The summed E-state index contributed by atoms with van der Waals surface area (Å²) < 4.78 is 0. The van der Waals surface area contributed by atoms with Gasteiger partial charge < -0.3 is 0 Å². The van der Waals surface area contributed by atoms with Crippen molar-refractivity contribution >= 4 is 5.57 Å². The minimum absolute atomic E-state index is 1.13. The van der Waals surface area contributed by atoms with Gasteiger partial charge in [-0.2, -0.15) is 0 Å². The van der Waals surface area contributed by atoms with E-state index in [1.165, 1.54) is 36.0 Å². The summed E-state index contributed by atoms with van der Waals surface area (Å²) in [6.07, 6.45) is 11.1. The molecule has 1 aromatic heterocycles. The first-order valence-electron chi connectivity index (χ1n) is 7.08. The highest BCUT2D eigenvalue weighted by Crippen LogP contribution is 2.23. The standard InChI is InChI=1S/C18H21N/c1-2-3-4-8-13-18(16-10-6-5-7-11-16)17-12-9-14-19-15-17/h5-7,9-15H,2-4,8H2,1H3/b18-13-. The number of benzene rings is 1. The fourth-order valence-electron chi connectivity index (χ4n) is 2.18. The predicted molar refractivity (Wildman–Crippen MR) is 81.9 cm³/mol. The number of nitrogens with zero attached hydrogens (tertiary/aromatic N) is 1. The SMILES string of the molecule is CCCCC/C=C(/c1ccccc1)c1cccnc1. The second-order valence-corrected chi connectivity index (χ2v) is 4.72. The van der Waals surface area contributed by atoms with E-state index in [2.05, 4.69) is 54.4 Å². The van der Waals surface area contributed by atoms with E-state index in [9.17, 15) is 0 Å². The van der Waals surface area contributed by atoms with Gasteiger partial charge in [0.05, 0.1) is 0 Å². The molecule has 1 heteroatoms. The molecule has 2 aromatic rings. The molecule has 0 amide bonds. The Morgan fingerprint density at radius 1 is 1.00 bits per heavy atom. The summed E-state index contributed by atoms with van der Waals surface area (Å²) in [6, 6.07) is 14.7. The van der Waals surface area contributed by atoms with Gasteiger partial charge in [-0.1, -0.05) is 62.2 Å². The Morgan fingerprint density at radius 2 is 1.79 bits per heavy atom. The maximum atomic E-state index is 4.23. The van der Waals surface area contributed by atoms with E-state index in [0.717, 1.165) is 6.42 Å². The molecule has 0 atom stereocenters. The summed E-state index contributed by atoms with van der Waals surface area (Å²) in [4.78, 5) is 4.23. The van der Waals surface area contributed by atoms with Crippen molar-refractivity contribution in [3.63, 3.8) is 0 Å². The molecular weight excluding hydrogens is 230 g/mol. The van der Waals surface area contributed by atoms with Gasteiger partial charge in [0.15, 0.2) is 0 Å². The molecule has 0 radical (unpaired) electrons. The monoisotopic (exact) mass is 251 g/mol. The van der Waals surface area contributed by atoms with Crippen molar-refractivity contribution in [1.29, 1.82) is 0 Å². The quantitative estimate of drug-likeness (QED) is 0.651. The molecule has 2 rings (SSSR count). The smallest absolute Gasteiger partial charge is 0.0346 e. The van der Waals surface area contributed by atoms with Crippen molar-refractivity contribution in [2.24, 2.45) is 0 Å². The molecule has 0 spiro atoms. The molecule has 0 unspecified atom stereocenters. The number of hydrogen-bond acceptors (Lipinski definition) is 1. The minimum atomic E-state index is 1.13. The van der Waals surface area contributed by atoms with Crippen LogP contribution in [-0.2, 0) is 0 Å². The van der Waals surface area contributed by atoms with Crippen LogP contribution in [0.1, 0.15) is 43.7 Å². The molecule has 19 heavy (non-hydrogen) atoms. The van der Waals surface area contributed by atoms with Gasteiger partial charge >= 0.3 is 0 Å². The Balaban J connectivity index is 2.24. The molecule has 0 aliphatic carbocycles. The van der Waals surface area contributed by atoms with Crippen molar-refractivity contribution in [3.05, 3.63) is 72.1 Å². The molecule has 1 heterocycles. The normalized spacial score (nSPS) is 11.5. The number of hydrogen-bond donors (Lipinski definition) is 0. The van der Waals surface area contributed by atoms with Crippen LogP contribution in [0.4, 0.5) is 0 Å². The van der Waals surface area contributed by atoms with Crippen LogP contribution >= 0.6 is 0 Å². The summed E-state index contributed by atoms with van der Waals surface area (Å²) in [5.74, 6) is 0. The van der Waals surface area contributed by atoms with Crippen molar-refractivity contribution in [2.45, 2.75) is 32.6 Å². The number of allylic oxidation sites excluding steroid dienone is 1. The average molecular weight is 251 g/mol. The lowest BCUT2D eigenvalue weighted by Gasteiger charge is -2.08. The lowest BCUT2D eigenvalue weighted by atomic mass is 9.97.